The van der Waals surface area contributed by atoms with Crippen molar-refractivity contribution in [3.05, 3.63) is 11.9 Å². The van der Waals surface area contributed by atoms with E-state index in [2.05, 4.69) is 15.3 Å². The van der Waals surface area contributed by atoms with Crippen molar-refractivity contribution in [2.75, 3.05) is 18.8 Å². The molecule has 0 spiro atoms. The van der Waals surface area contributed by atoms with Crippen molar-refractivity contribution in [3.8, 4) is 0 Å². The maximum Gasteiger partial charge on any atom is 0.131 e. The van der Waals surface area contributed by atoms with Crippen LogP contribution in [0.25, 0.3) is 0 Å². The Morgan fingerprint density at radius 1 is 1.50 bits per heavy atom. The monoisotopic (exact) mass is 208 g/mol. The number of anilines is 1. The summed E-state index contributed by atoms with van der Waals surface area (Å²) in [5, 5.41) is 5.10. The van der Waals surface area contributed by atoms with E-state index >= 15 is 0 Å². The molecule has 3 N–H and O–H groups in total. The molecule has 1 fully saturated rings. The van der Waals surface area contributed by atoms with Crippen LogP contribution in [0.4, 0.5) is 5.82 Å². The van der Waals surface area contributed by atoms with Crippen LogP contribution in [0.15, 0.2) is 11.4 Å². The average Bonchev–Trinajstić information content (AvgIpc) is 2.57. The first kappa shape index (κ1) is 8.49. The second-order valence-electron chi connectivity index (χ2n) is 3.73. The Hall–Kier alpha value is -0.810. The normalized spacial score (nSPS) is 29.7. The summed E-state index contributed by atoms with van der Waals surface area (Å²) >= 11 is 1.84. The van der Waals surface area contributed by atoms with Crippen molar-refractivity contribution in [1.29, 1.82) is 0 Å². The molecule has 0 aromatic carbocycles. The Morgan fingerprint density at radius 3 is 3.36 bits per heavy atom. The Balaban J connectivity index is 2.06. The van der Waals surface area contributed by atoms with Gasteiger partial charge in [0.25, 0.3) is 0 Å². The van der Waals surface area contributed by atoms with Gasteiger partial charge < -0.3 is 11.1 Å². The third kappa shape index (κ3) is 1.12. The van der Waals surface area contributed by atoms with Crippen LogP contribution in [-0.4, -0.2) is 28.3 Å². The van der Waals surface area contributed by atoms with Crippen LogP contribution in [0, 0.1) is 0 Å². The number of nitrogens with two attached hydrogens (primary N) is 1. The van der Waals surface area contributed by atoms with E-state index in [9.17, 15) is 0 Å². The third-order valence-electron chi connectivity index (χ3n) is 2.94. The van der Waals surface area contributed by atoms with Gasteiger partial charge in [-0.15, -0.1) is 11.8 Å². The number of rotatable bonds is 0. The molecule has 0 amide bonds. The summed E-state index contributed by atoms with van der Waals surface area (Å²) < 4.78 is 0. The lowest BCUT2D eigenvalue weighted by Gasteiger charge is -2.25. The van der Waals surface area contributed by atoms with Gasteiger partial charge in [-0.25, -0.2) is 9.97 Å². The Kier molecular flexibility index (Phi) is 1.88. The van der Waals surface area contributed by atoms with Crippen molar-refractivity contribution < 1.29 is 0 Å². The highest BCUT2D eigenvalue weighted by Crippen LogP contribution is 2.48. The first-order valence-electron chi connectivity index (χ1n) is 4.84. The van der Waals surface area contributed by atoms with Crippen LogP contribution in [0.1, 0.15) is 17.9 Å². The molecule has 3 heterocycles. The molecule has 4 nitrogen and oxygen atoms in total. The molecule has 0 radical (unpaired) electrons. The third-order valence-corrected chi connectivity index (χ3v) is 4.28. The number of nitrogen functional groups attached to an aromatic ring is 1. The number of hydrogen-bond donors (Lipinski definition) is 2. The van der Waals surface area contributed by atoms with Gasteiger partial charge in [0.1, 0.15) is 17.2 Å². The molecule has 0 saturated carbocycles. The fraction of sp³-hybridized carbons (Fsp3) is 0.556. The second-order valence-corrected chi connectivity index (χ2v) is 4.96. The molecular weight excluding hydrogens is 196 g/mol. The van der Waals surface area contributed by atoms with Gasteiger partial charge in [-0.05, 0) is 13.0 Å². The van der Waals surface area contributed by atoms with E-state index < -0.39 is 0 Å². The van der Waals surface area contributed by atoms with Gasteiger partial charge >= 0.3 is 0 Å². The van der Waals surface area contributed by atoms with Gasteiger partial charge in [-0.3, -0.25) is 0 Å². The average molecular weight is 208 g/mol. The highest BCUT2D eigenvalue weighted by atomic mass is 32.2. The van der Waals surface area contributed by atoms with Crippen molar-refractivity contribution in [2.24, 2.45) is 0 Å². The quantitative estimate of drug-likeness (QED) is 0.612. The van der Waals surface area contributed by atoms with Gasteiger partial charge in [0.05, 0.1) is 0 Å². The molecule has 5 heteroatoms. The molecule has 1 aromatic rings. The molecule has 1 saturated heterocycles. The number of aromatic nitrogens is 2. The zero-order valence-corrected chi connectivity index (χ0v) is 8.55. The number of hydrogen-bond acceptors (Lipinski definition) is 5. The van der Waals surface area contributed by atoms with Gasteiger partial charge in [-0.1, -0.05) is 0 Å². The van der Waals surface area contributed by atoms with E-state index in [0.717, 1.165) is 24.5 Å². The molecule has 74 valence electrons. The van der Waals surface area contributed by atoms with Gasteiger partial charge in [0.15, 0.2) is 0 Å². The first-order valence-corrected chi connectivity index (χ1v) is 5.72. The standard InChI is InChI=1S/C9H12N4S/c10-8-7-5-1-2-11-3-6(5)14-9(7)13-4-12-8/h4-6,11H,1-3H2,(H2,10,12,13). The van der Waals surface area contributed by atoms with Crippen LogP contribution in [0.2, 0.25) is 0 Å². The summed E-state index contributed by atoms with van der Waals surface area (Å²) in [7, 11) is 0. The maximum atomic E-state index is 5.89. The SMILES string of the molecule is Nc1ncnc2c1C1CCNCC1S2. The largest absolute Gasteiger partial charge is 0.383 e. The molecule has 3 rings (SSSR count). The molecule has 1 aromatic heterocycles. The minimum absolute atomic E-state index is 0.567. The van der Waals surface area contributed by atoms with E-state index in [-0.39, 0.29) is 0 Å². The molecular formula is C9H12N4S. The fourth-order valence-electron chi connectivity index (χ4n) is 2.26. The predicted molar refractivity (Wildman–Crippen MR) is 56.3 cm³/mol. The minimum atomic E-state index is 0.567. The van der Waals surface area contributed by atoms with Crippen molar-refractivity contribution in [1.82, 2.24) is 15.3 Å². The lowest BCUT2D eigenvalue weighted by Crippen LogP contribution is -2.35. The Morgan fingerprint density at radius 2 is 2.43 bits per heavy atom. The van der Waals surface area contributed by atoms with E-state index in [0.29, 0.717) is 17.0 Å². The van der Waals surface area contributed by atoms with Crippen LogP contribution >= 0.6 is 11.8 Å². The van der Waals surface area contributed by atoms with Crippen molar-refractivity contribution in [3.63, 3.8) is 0 Å². The molecule has 0 bridgehead atoms. The Bertz CT molecular complexity index is 368. The summed E-state index contributed by atoms with van der Waals surface area (Å²) in [6.07, 6.45) is 2.72. The van der Waals surface area contributed by atoms with Crippen LogP contribution in [0.5, 0.6) is 0 Å². The number of fused-ring (bicyclic) bond motifs is 3. The highest BCUT2D eigenvalue weighted by Gasteiger charge is 2.37. The van der Waals surface area contributed by atoms with E-state index in [1.165, 1.54) is 5.56 Å². The molecule has 2 unspecified atom stereocenters. The maximum absolute atomic E-state index is 5.89. The lowest BCUT2D eigenvalue weighted by atomic mass is 9.91. The predicted octanol–water partition coefficient (Wildman–Crippen LogP) is 0.610. The highest BCUT2D eigenvalue weighted by molar-refractivity contribution is 8.00. The minimum Gasteiger partial charge on any atom is -0.383 e. The summed E-state index contributed by atoms with van der Waals surface area (Å²) in [5.74, 6) is 1.24. The van der Waals surface area contributed by atoms with E-state index in [4.69, 9.17) is 5.73 Å². The van der Waals surface area contributed by atoms with Gasteiger partial charge in [-0.2, -0.15) is 0 Å². The molecule has 2 atom stereocenters. The molecule has 2 aliphatic heterocycles. The summed E-state index contributed by atoms with van der Waals surface area (Å²) in [6, 6.07) is 0. The fourth-order valence-corrected chi connectivity index (χ4v) is 3.68. The number of thioether (sulfide) groups is 1. The van der Waals surface area contributed by atoms with Crippen LogP contribution < -0.4 is 11.1 Å². The van der Waals surface area contributed by atoms with E-state index in [1.807, 2.05) is 11.8 Å². The summed E-state index contributed by atoms with van der Waals surface area (Å²) in [6.45, 7) is 2.14. The topological polar surface area (TPSA) is 63.8 Å². The second kappa shape index (κ2) is 3.10. The Labute approximate surface area is 86.7 Å². The van der Waals surface area contributed by atoms with Crippen LogP contribution in [-0.2, 0) is 0 Å². The zero-order chi connectivity index (χ0) is 9.54. The number of nitrogens with one attached hydrogen (secondary N) is 1. The van der Waals surface area contributed by atoms with E-state index in [1.54, 1.807) is 6.33 Å². The zero-order valence-electron chi connectivity index (χ0n) is 7.73. The van der Waals surface area contributed by atoms with Crippen LogP contribution in [0.3, 0.4) is 0 Å². The first-order chi connectivity index (χ1) is 6.86. The van der Waals surface area contributed by atoms with Gasteiger partial charge in [0.2, 0.25) is 0 Å². The molecule has 2 aliphatic rings. The van der Waals surface area contributed by atoms with Crippen molar-refractivity contribution >= 4 is 17.6 Å². The summed E-state index contributed by atoms with van der Waals surface area (Å²) in [5.41, 5.74) is 7.09. The smallest absolute Gasteiger partial charge is 0.131 e. The molecule has 0 aliphatic carbocycles. The van der Waals surface area contributed by atoms with Crippen molar-refractivity contribution in [2.45, 2.75) is 22.6 Å². The summed E-state index contributed by atoms with van der Waals surface area (Å²) in [4.78, 5) is 8.36. The number of piperidine rings is 1. The van der Waals surface area contributed by atoms with Gasteiger partial charge in [0, 0.05) is 23.3 Å². The molecule has 14 heavy (non-hydrogen) atoms. The lowest BCUT2D eigenvalue weighted by molar-refractivity contribution is 0.476. The number of nitrogens with zero attached hydrogens (tertiary/aromatic N) is 2.